The van der Waals surface area contributed by atoms with Crippen molar-refractivity contribution in [3.63, 3.8) is 0 Å². The first kappa shape index (κ1) is 11.4. The second-order valence-corrected chi connectivity index (χ2v) is 4.93. The Kier molecular flexibility index (Phi) is 4.33. The van der Waals surface area contributed by atoms with Crippen molar-refractivity contribution in [2.45, 2.75) is 40.0 Å². The molecular weight excluding hydrogens is 192 g/mol. The van der Waals surface area contributed by atoms with Gasteiger partial charge >= 0.3 is 0 Å². The monoisotopic (exact) mass is 210 g/mol. The third kappa shape index (κ3) is 2.95. The Morgan fingerprint density at radius 2 is 2.14 bits per heavy atom. The fourth-order valence-electron chi connectivity index (χ4n) is 1.28. The molecule has 1 atom stereocenters. The lowest BCUT2D eigenvalue weighted by atomic mass is 10.0. The van der Waals surface area contributed by atoms with Gasteiger partial charge in [-0.25, -0.2) is 0 Å². The van der Waals surface area contributed by atoms with E-state index in [1.54, 1.807) is 11.3 Å². The van der Waals surface area contributed by atoms with Crippen molar-refractivity contribution >= 4 is 17.1 Å². The van der Waals surface area contributed by atoms with Crippen LogP contribution in [0.25, 0.3) is 0 Å². The number of hydrogen-bond donors (Lipinski definition) is 0. The molecule has 0 saturated heterocycles. The number of rotatable bonds is 5. The van der Waals surface area contributed by atoms with Gasteiger partial charge in [-0.2, -0.15) is 0 Å². The molecule has 78 valence electrons. The fraction of sp³-hybridized carbons (Fsp3) is 0.583. The van der Waals surface area contributed by atoms with E-state index in [1.807, 2.05) is 6.07 Å². The quantitative estimate of drug-likeness (QED) is 0.673. The van der Waals surface area contributed by atoms with E-state index in [4.69, 9.17) is 0 Å². The molecule has 0 spiro atoms. The van der Waals surface area contributed by atoms with Gasteiger partial charge < -0.3 is 0 Å². The summed E-state index contributed by atoms with van der Waals surface area (Å²) in [6.45, 7) is 6.38. The van der Waals surface area contributed by atoms with E-state index in [9.17, 15) is 4.79 Å². The van der Waals surface area contributed by atoms with Gasteiger partial charge in [0.25, 0.3) is 0 Å². The maximum Gasteiger partial charge on any atom is 0.173 e. The highest BCUT2D eigenvalue weighted by Gasteiger charge is 2.11. The number of aryl methyl sites for hydroxylation is 1. The maximum absolute atomic E-state index is 11.8. The Morgan fingerprint density at radius 3 is 2.64 bits per heavy atom. The van der Waals surface area contributed by atoms with Crippen molar-refractivity contribution in [2.75, 3.05) is 0 Å². The molecule has 0 aliphatic carbocycles. The van der Waals surface area contributed by atoms with Crippen LogP contribution >= 0.6 is 11.3 Å². The highest BCUT2D eigenvalue weighted by molar-refractivity contribution is 7.14. The highest BCUT2D eigenvalue weighted by Crippen LogP contribution is 2.20. The van der Waals surface area contributed by atoms with E-state index in [1.165, 1.54) is 4.88 Å². The zero-order valence-corrected chi connectivity index (χ0v) is 9.99. The standard InChI is InChI=1S/C12H18OS/c1-4-9(3)8-11(13)12-7-6-10(5-2)14-12/h6-7,9H,4-5,8H2,1-3H3. The molecule has 0 N–H and O–H groups in total. The van der Waals surface area contributed by atoms with E-state index >= 15 is 0 Å². The molecule has 1 heterocycles. The Bertz CT molecular complexity index is 301. The van der Waals surface area contributed by atoms with Crippen LogP contribution in [0.1, 0.15) is 48.2 Å². The summed E-state index contributed by atoms with van der Waals surface area (Å²) in [6.07, 6.45) is 2.80. The van der Waals surface area contributed by atoms with Gasteiger partial charge in [0.2, 0.25) is 0 Å². The maximum atomic E-state index is 11.8. The summed E-state index contributed by atoms with van der Waals surface area (Å²) >= 11 is 1.64. The third-order valence-electron chi connectivity index (χ3n) is 2.52. The minimum absolute atomic E-state index is 0.309. The van der Waals surface area contributed by atoms with E-state index in [-0.39, 0.29) is 0 Å². The average molecular weight is 210 g/mol. The summed E-state index contributed by atoms with van der Waals surface area (Å²) in [7, 11) is 0. The average Bonchev–Trinajstić information content (AvgIpc) is 2.65. The van der Waals surface area contributed by atoms with Gasteiger partial charge in [0, 0.05) is 11.3 Å². The Morgan fingerprint density at radius 1 is 1.43 bits per heavy atom. The van der Waals surface area contributed by atoms with E-state index < -0.39 is 0 Å². The number of carbonyl (C=O) groups is 1. The molecule has 1 rings (SSSR count). The zero-order chi connectivity index (χ0) is 10.6. The molecule has 0 saturated carbocycles. The first-order valence-electron chi connectivity index (χ1n) is 5.29. The lowest BCUT2D eigenvalue weighted by molar-refractivity contribution is 0.0967. The zero-order valence-electron chi connectivity index (χ0n) is 9.17. The van der Waals surface area contributed by atoms with Crippen LogP contribution in [-0.4, -0.2) is 5.78 Å². The molecule has 1 unspecified atom stereocenters. The fourth-order valence-corrected chi connectivity index (χ4v) is 2.18. The summed E-state index contributed by atoms with van der Waals surface area (Å²) in [6, 6.07) is 4.03. The molecule has 2 heteroatoms. The van der Waals surface area contributed by atoms with Crippen LogP contribution in [0.3, 0.4) is 0 Å². The SMILES string of the molecule is CCc1ccc(C(=O)CC(C)CC)s1. The van der Waals surface area contributed by atoms with Crippen molar-refractivity contribution in [1.82, 2.24) is 0 Å². The van der Waals surface area contributed by atoms with Crippen LogP contribution in [0, 0.1) is 5.92 Å². The number of ketones is 1. The van der Waals surface area contributed by atoms with Gasteiger partial charge in [-0.05, 0) is 24.5 Å². The van der Waals surface area contributed by atoms with Crippen LogP contribution in [0.5, 0.6) is 0 Å². The molecule has 0 amide bonds. The van der Waals surface area contributed by atoms with Crippen LogP contribution in [0.15, 0.2) is 12.1 Å². The Hall–Kier alpha value is -0.630. The van der Waals surface area contributed by atoms with Crippen molar-refractivity contribution in [2.24, 2.45) is 5.92 Å². The molecule has 14 heavy (non-hydrogen) atoms. The molecule has 0 aromatic carbocycles. The second kappa shape index (κ2) is 5.30. The second-order valence-electron chi connectivity index (χ2n) is 3.76. The lowest BCUT2D eigenvalue weighted by Crippen LogP contribution is -2.03. The summed E-state index contributed by atoms with van der Waals surface area (Å²) in [5.41, 5.74) is 0. The molecule has 0 aliphatic rings. The number of carbonyl (C=O) groups excluding carboxylic acids is 1. The summed E-state index contributed by atoms with van der Waals surface area (Å²) in [5, 5.41) is 0. The largest absolute Gasteiger partial charge is 0.293 e. The Labute approximate surface area is 90.2 Å². The van der Waals surface area contributed by atoms with E-state index in [0.29, 0.717) is 18.1 Å². The van der Waals surface area contributed by atoms with E-state index in [0.717, 1.165) is 17.7 Å². The summed E-state index contributed by atoms with van der Waals surface area (Å²) in [5.74, 6) is 0.818. The van der Waals surface area contributed by atoms with Crippen molar-refractivity contribution < 1.29 is 4.79 Å². The molecule has 1 nitrogen and oxygen atoms in total. The molecule has 1 aromatic heterocycles. The number of hydrogen-bond acceptors (Lipinski definition) is 2. The van der Waals surface area contributed by atoms with Crippen molar-refractivity contribution in [3.05, 3.63) is 21.9 Å². The highest BCUT2D eigenvalue weighted by atomic mass is 32.1. The first-order valence-corrected chi connectivity index (χ1v) is 6.10. The smallest absolute Gasteiger partial charge is 0.173 e. The van der Waals surface area contributed by atoms with E-state index in [2.05, 4.69) is 26.8 Å². The number of thiophene rings is 1. The van der Waals surface area contributed by atoms with Crippen LogP contribution in [0.4, 0.5) is 0 Å². The van der Waals surface area contributed by atoms with Crippen molar-refractivity contribution in [1.29, 1.82) is 0 Å². The number of Topliss-reactive ketones (excluding diaryl/α,β-unsaturated/α-hetero) is 1. The normalized spacial score (nSPS) is 12.8. The van der Waals surface area contributed by atoms with Gasteiger partial charge in [0.1, 0.15) is 0 Å². The lowest BCUT2D eigenvalue weighted by Gasteiger charge is -2.04. The van der Waals surface area contributed by atoms with Gasteiger partial charge in [0.15, 0.2) is 5.78 Å². The molecular formula is C12H18OS. The topological polar surface area (TPSA) is 17.1 Å². The molecule has 0 aliphatic heterocycles. The molecule has 1 aromatic rings. The Balaban J connectivity index is 2.60. The van der Waals surface area contributed by atoms with Crippen LogP contribution < -0.4 is 0 Å². The van der Waals surface area contributed by atoms with Crippen LogP contribution in [-0.2, 0) is 6.42 Å². The minimum atomic E-state index is 0.309. The van der Waals surface area contributed by atoms with Gasteiger partial charge in [-0.15, -0.1) is 11.3 Å². The third-order valence-corrected chi connectivity index (χ3v) is 3.79. The summed E-state index contributed by atoms with van der Waals surface area (Å²) in [4.78, 5) is 14.0. The van der Waals surface area contributed by atoms with Gasteiger partial charge in [-0.3, -0.25) is 4.79 Å². The van der Waals surface area contributed by atoms with Crippen molar-refractivity contribution in [3.8, 4) is 0 Å². The predicted octanol–water partition coefficient (Wildman–Crippen LogP) is 3.93. The van der Waals surface area contributed by atoms with Gasteiger partial charge in [0.05, 0.1) is 4.88 Å². The summed E-state index contributed by atoms with van der Waals surface area (Å²) < 4.78 is 0. The first-order chi connectivity index (χ1) is 6.67. The molecule has 0 radical (unpaired) electrons. The molecule has 0 bridgehead atoms. The van der Waals surface area contributed by atoms with Gasteiger partial charge in [-0.1, -0.05) is 27.2 Å². The minimum Gasteiger partial charge on any atom is -0.293 e. The van der Waals surface area contributed by atoms with Crippen LogP contribution in [0.2, 0.25) is 0 Å². The predicted molar refractivity (Wildman–Crippen MR) is 62.1 cm³/mol. The molecule has 0 fully saturated rings.